The lowest BCUT2D eigenvalue weighted by Crippen LogP contribution is -2.21. The van der Waals surface area contributed by atoms with Gasteiger partial charge in [0.05, 0.1) is 0 Å². The van der Waals surface area contributed by atoms with Crippen molar-refractivity contribution < 1.29 is 0 Å². The van der Waals surface area contributed by atoms with Gasteiger partial charge in [-0.25, -0.2) is 0 Å². The van der Waals surface area contributed by atoms with Crippen molar-refractivity contribution in [3.05, 3.63) is 46.5 Å². The van der Waals surface area contributed by atoms with E-state index in [0.717, 1.165) is 53.3 Å². The highest BCUT2D eigenvalue weighted by atomic mass is 14.3. The molecule has 1 aromatic rings. The van der Waals surface area contributed by atoms with Gasteiger partial charge in [0.1, 0.15) is 0 Å². The fraction of sp³-hybridized carbons (Fsp3) is 0.800. The standard InChI is InChI=1S/C16H24.C12H24.C12H22/c1-11(2)13-5-7-16-10-14(12(3)4)6-8-15(16)9-13;2*1-9(2)11-5-7-12(8-6-11)10(3)4/h5,7,9,11-12,14H,6,8,10H2,1-4H3;9-12H,5-8H2,1-4H3;5,9-10,12H,6-8H2,1-4H3. The molecule has 0 aliphatic heterocycles. The lowest BCUT2D eigenvalue weighted by Gasteiger charge is -2.32. The van der Waals surface area contributed by atoms with Gasteiger partial charge in [0, 0.05) is 0 Å². The lowest BCUT2D eigenvalue weighted by molar-refractivity contribution is 0.189. The molecule has 0 aromatic heterocycles. The Bertz CT molecular complexity index is 840. The van der Waals surface area contributed by atoms with E-state index in [0.29, 0.717) is 5.92 Å². The highest BCUT2D eigenvalue weighted by Crippen LogP contribution is 2.36. The smallest absolute Gasteiger partial charge is 0.0219 e. The summed E-state index contributed by atoms with van der Waals surface area (Å²) in [6, 6.07) is 7.14. The SMILES string of the molecule is CC(C)C1=CCC(C(C)C)CC1.CC(C)C1CCC(C(C)C)CC1.CC(C)c1ccc2c(c1)CCC(C(C)C)C2. The zero-order valence-electron chi connectivity index (χ0n) is 29.2. The Morgan fingerprint density at radius 2 is 1.00 bits per heavy atom. The number of hydrogen-bond donors (Lipinski definition) is 0. The molecule has 0 saturated heterocycles. The van der Waals surface area contributed by atoms with E-state index in [2.05, 4.69) is 107 Å². The average Bonchev–Trinajstić information content (AvgIpc) is 2.93. The molecule has 0 heterocycles. The number of hydrogen-bond acceptors (Lipinski definition) is 0. The van der Waals surface area contributed by atoms with E-state index in [1.807, 2.05) is 0 Å². The summed E-state index contributed by atoms with van der Waals surface area (Å²) >= 11 is 0. The van der Waals surface area contributed by atoms with Crippen LogP contribution in [0.1, 0.15) is 157 Å². The second kappa shape index (κ2) is 17.2. The molecule has 2 unspecified atom stereocenters. The minimum absolute atomic E-state index is 0.660. The molecular weight excluding hydrogens is 480 g/mol. The van der Waals surface area contributed by atoms with E-state index in [4.69, 9.17) is 0 Å². The average molecular weight is 551 g/mol. The highest BCUT2D eigenvalue weighted by Gasteiger charge is 2.25. The fourth-order valence-electron chi connectivity index (χ4n) is 7.21. The molecule has 40 heavy (non-hydrogen) atoms. The van der Waals surface area contributed by atoms with Gasteiger partial charge in [-0.15, -0.1) is 0 Å². The Balaban J connectivity index is 0.000000214. The van der Waals surface area contributed by atoms with E-state index < -0.39 is 0 Å². The summed E-state index contributed by atoms with van der Waals surface area (Å²) in [5, 5.41) is 0. The van der Waals surface area contributed by atoms with Gasteiger partial charge in [0.15, 0.2) is 0 Å². The maximum atomic E-state index is 2.48. The van der Waals surface area contributed by atoms with Gasteiger partial charge in [-0.1, -0.05) is 113 Å². The van der Waals surface area contributed by atoms with Gasteiger partial charge < -0.3 is 0 Å². The molecular formula is C40H70. The molecule has 0 bridgehead atoms. The van der Waals surface area contributed by atoms with Crippen LogP contribution in [0.25, 0.3) is 0 Å². The summed E-state index contributed by atoms with van der Waals surface area (Å²) in [6.45, 7) is 28.1. The van der Waals surface area contributed by atoms with Crippen molar-refractivity contribution >= 4 is 0 Å². The van der Waals surface area contributed by atoms with Gasteiger partial charge in [0.25, 0.3) is 0 Å². The van der Waals surface area contributed by atoms with Crippen molar-refractivity contribution in [3.63, 3.8) is 0 Å². The van der Waals surface area contributed by atoms with Crippen LogP contribution in [0.3, 0.4) is 0 Å². The highest BCUT2D eigenvalue weighted by molar-refractivity contribution is 5.35. The van der Waals surface area contributed by atoms with Crippen LogP contribution in [-0.4, -0.2) is 0 Å². The topological polar surface area (TPSA) is 0 Å². The Kier molecular flexibility index (Phi) is 15.1. The first-order valence-electron chi connectivity index (χ1n) is 17.6. The first-order valence-corrected chi connectivity index (χ1v) is 17.6. The van der Waals surface area contributed by atoms with Crippen molar-refractivity contribution in [3.8, 4) is 0 Å². The normalized spacial score (nSPS) is 25.0. The molecule has 0 N–H and O–H groups in total. The summed E-state index contributed by atoms with van der Waals surface area (Å²) in [5.41, 5.74) is 6.41. The second-order valence-corrected chi connectivity index (χ2v) is 15.8. The monoisotopic (exact) mass is 551 g/mol. The summed E-state index contributed by atoms with van der Waals surface area (Å²) in [4.78, 5) is 0. The molecule has 1 saturated carbocycles. The summed E-state index contributed by atoms with van der Waals surface area (Å²) in [5.74, 6) is 8.88. The molecule has 0 amide bonds. The molecule has 0 spiro atoms. The Labute approximate surface area is 252 Å². The molecule has 230 valence electrons. The maximum Gasteiger partial charge on any atom is -0.0219 e. The van der Waals surface area contributed by atoms with E-state index in [-0.39, 0.29) is 0 Å². The molecule has 3 aliphatic carbocycles. The zero-order valence-corrected chi connectivity index (χ0v) is 29.2. The van der Waals surface area contributed by atoms with Crippen LogP contribution in [0.5, 0.6) is 0 Å². The Morgan fingerprint density at radius 1 is 0.500 bits per heavy atom. The molecule has 1 fully saturated rings. The van der Waals surface area contributed by atoms with Gasteiger partial charge >= 0.3 is 0 Å². The largest absolute Gasteiger partial charge is 0.0848 e. The molecule has 2 atom stereocenters. The Morgan fingerprint density at radius 3 is 1.40 bits per heavy atom. The van der Waals surface area contributed by atoms with Gasteiger partial charge in [0.2, 0.25) is 0 Å². The van der Waals surface area contributed by atoms with E-state index in [9.17, 15) is 0 Å². The molecule has 3 aliphatic rings. The third-order valence-corrected chi connectivity index (χ3v) is 11.0. The van der Waals surface area contributed by atoms with Crippen molar-refractivity contribution in [1.29, 1.82) is 0 Å². The van der Waals surface area contributed by atoms with Crippen LogP contribution in [0.4, 0.5) is 0 Å². The number of benzene rings is 1. The first kappa shape index (κ1) is 35.2. The third kappa shape index (κ3) is 11.3. The predicted molar refractivity (Wildman–Crippen MR) is 181 cm³/mol. The molecule has 0 radical (unpaired) electrons. The number of aryl methyl sites for hydroxylation is 1. The van der Waals surface area contributed by atoms with Crippen LogP contribution in [-0.2, 0) is 12.8 Å². The van der Waals surface area contributed by atoms with E-state index in [1.54, 1.807) is 16.7 Å². The van der Waals surface area contributed by atoms with Crippen LogP contribution >= 0.6 is 0 Å². The van der Waals surface area contributed by atoms with E-state index in [1.165, 1.54) is 69.8 Å². The van der Waals surface area contributed by atoms with Crippen LogP contribution in [0.15, 0.2) is 29.8 Å². The summed E-state index contributed by atoms with van der Waals surface area (Å²) in [6.07, 6.45) is 16.5. The number of fused-ring (bicyclic) bond motifs is 1. The van der Waals surface area contributed by atoms with Crippen LogP contribution in [0, 0.1) is 53.3 Å². The van der Waals surface area contributed by atoms with Crippen molar-refractivity contribution in [2.75, 3.05) is 0 Å². The lowest BCUT2D eigenvalue weighted by atomic mass is 9.73. The van der Waals surface area contributed by atoms with Crippen molar-refractivity contribution in [2.24, 2.45) is 53.3 Å². The van der Waals surface area contributed by atoms with Gasteiger partial charge in [-0.05, 0) is 140 Å². The van der Waals surface area contributed by atoms with Gasteiger partial charge in [-0.2, -0.15) is 0 Å². The minimum Gasteiger partial charge on any atom is -0.0848 e. The maximum absolute atomic E-state index is 2.48. The quantitative estimate of drug-likeness (QED) is 0.309. The predicted octanol–water partition coefficient (Wildman–Crippen LogP) is 12.7. The van der Waals surface area contributed by atoms with E-state index >= 15 is 0 Å². The number of allylic oxidation sites excluding steroid dienone is 2. The fourth-order valence-corrected chi connectivity index (χ4v) is 7.21. The van der Waals surface area contributed by atoms with Gasteiger partial charge in [-0.3, -0.25) is 0 Å². The third-order valence-electron chi connectivity index (χ3n) is 11.0. The van der Waals surface area contributed by atoms with Crippen molar-refractivity contribution in [2.45, 2.75) is 153 Å². The summed E-state index contributed by atoms with van der Waals surface area (Å²) < 4.78 is 0. The number of rotatable bonds is 6. The minimum atomic E-state index is 0.660. The summed E-state index contributed by atoms with van der Waals surface area (Å²) in [7, 11) is 0. The molecule has 4 rings (SSSR count). The van der Waals surface area contributed by atoms with Crippen LogP contribution in [0.2, 0.25) is 0 Å². The zero-order chi connectivity index (χ0) is 30.0. The second-order valence-electron chi connectivity index (χ2n) is 15.8. The first-order chi connectivity index (χ1) is 18.8. The Hall–Kier alpha value is -1.04. The molecule has 0 heteroatoms. The van der Waals surface area contributed by atoms with Crippen molar-refractivity contribution in [1.82, 2.24) is 0 Å². The molecule has 0 nitrogen and oxygen atoms in total. The van der Waals surface area contributed by atoms with Crippen LogP contribution < -0.4 is 0 Å². The molecule has 1 aromatic carbocycles.